The quantitative estimate of drug-likeness (QED) is 0.761. The summed E-state index contributed by atoms with van der Waals surface area (Å²) in [6.07, 6.45) is 1.12. The standard InChI is InChI=1S/C18H22N4O4S/c1-21(2)17-5-6-18(20-19-17)26-14-7-9-22(12-14)27(23,24)15-3-4-16-13(11-15)8-10-25-16/h3-6,11,14H,7-10,12H2,1-2H3. The number of hydrogen-bond acceptors (Lipinski definition) is 7. The highest BCUT2D eigenvalue weighted by atomic mass is 32.2. The van der Waals surface area contributed by atoms with Crippen molar-refractivity contribution in [1.29, 1.82) is 0 Å². The molecule has 3 heterocycles. The van der Waals surface area contributed by atoms with Crippen LogP contribution in [-0.2, 0) is 16.4 Å². The third-order valence-electron chi connectivity index (χ3n) is 4.78. The van der Waals surface area contributed by atoms with Crippen LogP contribution in [0.5, 0.6) is 11.6 Å². The van der Waals surface area contributed by atoms with Gasteiger partial charge in [-0.3, -0.25) is 0 Å². The fraction of sp³-hybridized carbons (Fsp3) is 0.444. The van der Waals surface area contributed by atoms with Crippen molar-refractivity contribution in [2.24, 2.45) is 0 Å². The van der Waals surface area contributed by atoms with E-state index in [1.54, 1.807) is 24.3 Å². The fourth-order valence-corrected chi connectivity index (χ4v) is 4.81. The molecule has 8 nitrogen and oxygen atoms in total. The monoisotopic (exact) mass is 390 g/mol. The largest absolute Gasteiger partial charge is 0.493 e. The van der Waals surface area contributed by atoms with E-state index < -0.39 is 10.0 Å². The SMILES string of the molecule is CN(C)c1ccc(OC2CCN(S(=O)(=O)c3ccc4c(c3)CCO4)C2)nn1. The lowest BCUT2D eigenvalue weighted by Crippen LogP contribution is -2.31. The van der Waals surface area contributed by atoms with E-state index in [-0.39, 0.29) is 6.10 Å². The molecule has 0 spiro atoms. The van der Waals surface area contributed by atoms with Gasteiger partial charge in [-0.25, -0.2) is 8.42 Å². The summed E-state index contributed by atoms with van der Waals surface area (Å²) in [6.45, 7) is 1.32. The molecular weight excluding hydrogens is 368 g/mol. The van der Waals surface area contributed by atoms with Crippen LogP contribution in [0.1, 0.15) is 12.0 Å². The van der Waals surface area contributed by atoms with Gasteiger partial charge in [0.05, 0.1) is 18.0 Å². The average Bonchev–Trinajstić information content (AvgIpc) is 3.31. The van der Waals surface area contributed by atoms with Crippen LogP contribution in [0.25, 0.3) is 0 Å². The predicted octanol–water partition coefficient (Wildman–Crippen LogP) is 1.32. The van der Waals surface area contributed by atoms with Gasteiger partial charge in [0.15, 0.2) is 5.82 Å². The van der Waals surface area contributed by atoms with Crippen molar-refractivity contribution in [1.82, 2.24) is 14.5 Å². The maximum Gasteiger partial charge on any atom is 0.243 e. The Hall–Kier alpha value is -2.39. The molecule has 0 amide bonds. The van der Waals surface area contributed by atoms with Crippen molar-refractivity contribution >= 4 is 15.8 Å². The summed E-state index contributed by atoms with van der Waals surface area (Å²) < 4.78 is 38.6. The zero-order valence-electron chi connectivity index (χ0n) is 15.3. The summed E-state index contributed by atoms with van der Waals surface area (Å²) in [5, 5.41) is 8.13. The number of fused-ring (bicyclic) bond motifs is 1. The van der Waals surface area contributed by atoms with E-state index in [2.05, 4.69) is 10.2 Å². The van der Waals surface area contributed by atoms with Crippen LogP contribution >= 0.6 is 0 Å². The van der Waals surface area contributed by atoms with Gasteiger partial charge in [0.25, 0.3) is 0 Å². The Labute approximate surface area is 158 Å². The maximum atomic E-state index is 12.9. The smallest absolute Gasteiger partial charge is 0.243 e. The molecule has 0 N–H and O–H groups in total. The minimum atomic E-state index is -3.55. The Kier molecular flexibility index (Phi) is 4.65. The van der Waals surface area contributed by atoms with Gasteiger partial charge < -0.3 is 14.4 Å². The molecule has 0 aliphatic carbocycles. The van der Waals surface area contributed by atoms with Crippen molar-refractivity contribution < 1.29 is 17.9 Å². The first-order chi connectivity index (χ1) is 12.9. The number of sulfonamides is 1. The summed E-state index contributed by atoms with van der Waals surface area (Å²) in [5.74, 6) is 1.91. The Morgan fingerprint density at radius 3 is 2.81 bits per heavy atom. The highest BCUT2D eigenvalue weighted by molar-refractivity contribution is 7.89. The number of rotatable bonds is 5. The molecule has 144 valence electrons. The Bertz CT molecular complexity index is 931. The highest BCUT2D eigenvalue weighted by Crippen LogP contribution is 2.30. The maximum absolute atomic E-state index is 12.9. The Morgan fingerprint density at radius 1 is 1.22 bits per heavy atom. The van der Waals surface area contributed by atoms with E-state index in [0.717, 1.165) is 23.6 Å². The molecule has 27 heavy (non-hydrogen) atoms. The third-order valence-corrected chi connectivity index (χ3v) is 6.64. The van der Waals surface area contributed by atoms with E-state index >= 15 is 0 Å². The van der Waals surface area contributed by atoms with Crippen LogP contribution in [0, 0.1) is 0 Å². The van der Waals surface area contributed by atoms with Gasteiger partial charge in [-0.15, -0.1) is 10.2 Å². The molecule has 1 aromatic carbocycles. The molecule has 1 unspecified atom stereocenters. The molecule has 1 fully saturated rings. The number of aromatic nitrogens is 2. The summed E-state index contributed by atoms with van der Waals surface area (Å²) in [6, 6.07) is 8.63. The second-order valence-electron chi connectivity index (χ2n) is 6.88. The Morgan fingerprint density at radius 2 is 2.07 bits per heavy atom. The first-order valence-corrected chi connectivity index (χ1v) is 10.3. The second kappa shape index (κ2) is 6.97. The van der Waals surface area contributed by atoms with Crippen LogP contribution in [-0.4, -0.2) is 62.8 Å². The molecule has 1 saturated heterocycles. The van der Waals surface area contributed by atoms with E-state index in [4.69, 9.17) is 9.47 Å². The van der Waals surface area contributed by atoms with Crippen molar-refractivity contribution in [3.63, 3.8) is 0 Å². The van der Waals surface area contributed by atoms with Crippen LogP contribution in [0.3, 0.4) is 0 Å². The topological polar surface area (TPSA) is 84.9 Å². The van der Waals surface area contributed by atoms with Crippen LogP contribution in [0.15, 0.2) is 35.2 Å². The van der Waals surface area contributed by atoms with Crippen molar-refractivity contribution in [2.45, 2.75) is 23.8 Å². The molecule has 2 aliphatic heterocycles. The zero-order chi connectivity index (χ0) is 19.0. The van der Waals surface area contributed by atoms with E-state index in [1.807, 2.05) is 25.1 Å². The van der Waals surface area contributed by atoms with Gasteiger partial charge in [-0.05, 0) is 36.2 Å². The summed E-state index contributed by atoms with van der Waals surface area (Å²) >= 11 is 0. The second-order valence-corrected chi connectivity index (χ2v) is 8.82. The van der Waals surface area contributed by atoms with E-state index in [1.165, 1.54) is 4.31 Å². The zero-order valence-corrected chi connectivity index (χ0v) is 16.1. The Balaban J connectivity index is 1.44. The lowest BCUT2D eigenvalue weighted by Gasteiger charge is -2.17. The minimum absolute atomic E-state index is 0.239. The van der Waals surface area contributed by atoms with Crippen LogP contribution in [0.4, 0.5) is 5.82 Å². The lowest BCUT2D eigenvalue weighted by atomic mass is 10.2. The number of anilines is 1. The predicted molar refractivity (Wildman–Crippen MR) is 99.8 cm³/mol. The van der Waals surface area contributed by atoms with E-state index in [9.17, 15) is 8.42 Å². The van der Waals surface area contributed by atoms with Gasteiger partial charge in [-0.2, -0.15) is 4.31 Å². The molecule has 9 heteroatoms. The number of nitrogens with zero attached hydrogens (tertiary/aromatic N) is 4. The lowest BCUT2D eigenvalue weighted by molar-refractivity contribution is 0.204. The molecule has 1 aromatic heterocycles. The highest BCUT2D eigenvalue weighted by Gasteiger charge is 2.34. The van der Waals surface area contributed by atoms with Gasteiger partial charge >= 0.3 is 0 Å². The molecule has 0 saturated carbocycles. The van der Waals surface area contributed by atoms with Crippen LogP contribution < -0.4 is 14.4 Å². The minimum Gasteiger partial charge on any atom is -0.493 e. The fourth-order valence-electron chi connectivity index (χ4n) is 3.27. The van der Waals surface area contributed by atoms with Gasteiger partial charge in [0.1, 0.15) is 11.9 Å². The van der Waals surface area contributed by atoms with Crippen LogP contribution in [0.2, 0.25) is 0 Å². The summed E-state index contributed by atoms with van der Waals surface area (Å²) in [4.78, 5) is 2.16. The normalized spacial score (nSPS) is 19.6. The molecule has 2 aromatic rings. The van der Waals surface area contributed by atoms with Gasteiger partial charge in [-0.1, -0.05) is 0 Å². The first kappa shape index (κ1) is 18.0. The van der Waals surface area contributed by atoms with Crippen molar-refractivity contribution in [2.75, 3.05) is 38.7 Å². The van der Waals surface area contributed by atoms with E-state index in [0.29, 0.717) is 36.9 Å². The molecule has 0 bridgehead atoms. The molecule has 0 radical (unpaired) electrons. The summed E-state index contributed by atoms with van der Waals surface area (Å²) in [5.41, 5.74) is 0.944. The van der Waals surface area contributed by atoms with Crippen molar-refractivity contribution in [3.8, 4) is 11.6 Å². The number of benzene rings is 1. The third kappa shape index (κ3) is 3.57. The number of ether oxygens (including phenoxy) is 2. The van der Waals surface area contributed by atoms with Gasteiger partial charge in [0.2, 0.25) is 15.9 Å². The molecular formula is C18H22N4O4S. The van der Waals surface area contributed by atoms with Gasteiger partial charge in [0, 0.05) is 33.1 Å². The first-order valence-electron chi connectivity index (χ1n) is 8.87. The average molecular weight is 390 g/mol. The molecule has 1 atom stereocenters. The molecule has 2 aliphatic rings. The summed E-state index contributed by atoms with van der Waals surface area (Å²) in [7, 11) is 0.220. The number of hydrogen-bond donors (Lipinski definition) is 0. The van der Waals surface area contributed by atoms with Crippen molar-refractivity contribution in [3.05, 3.63) is 35.9 Å². The molecule has 4 rings (SSSR count).